The van der Waals surface area contributed by atoms with Gasteiger partial charge < -0.3 is 4.74 Å². The molecule has 1 heteroatoms. The summed E-state index contributed by atoms with van der Waals surface area (Å²) in [5.74, 6) is 1.86. The van der Waals surface area contributed by atoms with Crippen LogP contribution >= 0.6 is 0 Å². The van der Waals surface area contributed by atoms with Crippen LogP contribution in [-0.4, -0.2) is 0 Å². The lowest BCUT2D eigenvalue weighted by atomic mass is 9.65. The molecule has 0 aromatic heterocycles. The zero-order valence-corrected chi connectivity index (χ0v) is 18.4. The second kappa shape index (κ2) is 6.70. The fourth-order valence-corrected chi connectivity index (χ4v) is 5.83. The molecule has 1 heterocycles. The molecule has 156 valence electrons. The van der Waals surface area contributed by atoms with Crippen molar-refractivity contribution in [3.05, 3.63) is 143 Å². The number of hydrogen-bond donors (Lipinski definition) is 0. The van der Waals surface area contributed by atoms with E-state index in [2.05, 4.69) is 122 Å². The van der Waals surface area contributed by atoms with Crippen LogP contribution in [-0.2, 0) is 5.41 Å². The first-order chi connectivity index (χ1) is 16.3. The average molecular weight is 423 g/mol. The molecule has 0 bridgehead atoms. The van der Waals surface area contributed by atoms with Gasteiger partial charge in [-0.3, -0.25) is 0 Å². The van der Waals surface area contributed by atoms with Crippen LogP contribution in [0.25, 0.3) is 22.3 Å². The molecule has 7 rings (SSSR count). The molecule has 0 saturated carbocycles. The quantitative estimate of drug-likeness (QED) is 0.259. The Morgan fingerprint density at radius 3 is 2.06 bits per heavy atom. The second-order valence-corrected chi connectivity index (χ2v) is 9.02. The predicted molar refractivity (Wildman–Crippen MR) is 134 cm³/mol. The van der Waals surface area contributed by atoms with E-state index in [1.807, 2.05) is 0 Å². The smallest absolute Gasteiger partial charge is 0.132 e. The average Bonchev–Trinajstić information content (AvgIpc) is 3.15. The highest BCUT2D eigenvalue weighted by Gasteiger charge is 2.51. The van der Waals surface area contributed by atoms with Crippen LogP contribution in [0.3, 0.4) is 0 Å². The van der Waals surface area contributed by atoms with Gasteiger partial charge in [0.25, 0.3) is 0 Å². The van der Waals surface area contributed by atoms with E-state index >= 15 is 0 Å². The third kappa shape index (κ3) is 2.42. The van der Waals surface area contributed by atoms with Crippen molar-refractivity contribution in [1.82, 2.24) is 0 Å². The molecule has 1 nitrogen and oxygen atoms in total. The molecule has 5 aromatic carbocycles. The predicted octanol–water partition coefficient (Wildman–Crippen LogP) is 8.13. The number of aryl methyl sites for hydroxylation is 1. The van der Waals surface area contributed by atoms with Crippen molar-refractivity contribution in [2.45, 2.75) is 12.3 Å². The number of benzene rings is 5. The molecule has 33 heavy (non-hydrogen) atoms. The lowest BCUT2D eigenvalue weighted by Gasteiger charge is -2.39. The Morgan fingerprint density at radius 2 is 1.18 bits per heavy atom. The first kappa shape index (κ1) is 18.5. The van der Waals surface area contributed by atoms with Crippen LogP contribution in [0.5, 0.6) is 11.5 Å². The first-order valence-corrected chi connectivity index (χ1v) is 11.4. The van der Waals surface area contributed by atoms with E-state index in [9.17, 15) is 0 Å². The summed E-state index contributed by atoms with van der Waals surface area (Å²) in [5.41, 5.74) is 11.0. The summed E-state index contributed by atoms with van der Waals surface area (Å²) in [4.78, 5) is 0. The monoisotopic (exact) mass is 422 g/mol. The van der Waals surface area contributed by atoms with Crippen LogP contribution < -0.4 is 4.74 Å². The largest absolute Gasteiger partial charge is 0.457 e. The van der Waals surface area contributed by atoms with Crippen molar-refractivity contribution in [1.29, 1.82) is 0 Å². The third-order valence-corrected chi connectivity index (χ3v) is 7.20. The van der Waals surface area contributed by atoms with Gasteiger partial charge in [-0.15, -0.1) is 0 Å². The van der Waals surface area contributed by atoms with Crippen molar-refractivity contribution in [2.75, 3.05) is 0 Å². The third-order valence-electron chi connectivity index (χ3n) is 7.20. The molecule has 1 spiro atoms. The van der Waals surface area contributed by atoms with Crippen molar-refractivity contribution < 1.29 is 4.74 Å². The van der Waals surface area contributed by atoms with Crippen molar-refractivity contribution >= 4 is 0 Å². The molecule has 0 fully saturated rings. The molecular formula is C32H22O. The fraction of sp³-hybridized carbons (Fsp3) is 0.0625. The van der Waals surface area contributed by atoms with Crippen LogP contribution in [0.1, 0.15) is 27.8 Å². The minimum Gasteiger partial charge on any atom is -0.457 e. The van der Waals surface area contributed by atoms with Gasteiger partial charge in [-0.05, 0) is 58.5 Å². The minimum absolute atomic E-state index is 0.408. The zero-order chi connectivity index (χ0) is 22.0. The zero-order valence-electron chi connectivity index (χ0n) is 18.4. The Hall–Kier alpha value is -4.10. The van der Waals surface area contributed by atoms with Gasteiger partial charge in [0.05, 0.1) is 5.41 Å². The highest BCUT2D eigenvalue weighted by molar-refractivity contribution is 5.89. The lowest BCUT2D eigenvalue weighted by Crippen LogP contribution is -2.32. The van der Waals surface area contributed by atoms with E-state index in [0.29, 0.717) is 0 Å². The maximum absolute atomic E-state index is 6.51. The van der Waals surface area contributed by atoms with Gasteiger partial charge in [-0.2, -0.15) is 0 Å². The maximum atomic E-state index is 6.51. The molecule has 2 aliphatic rings. The van der Waals surface area contributed by atoms with Gasteiger partial charge in [0.1, 0.15) is 11.5 Å². The molecule has 0 amide bonds. The molecule has 5 aromatic rings. The number of para-hydroxylation sites is 1. The number of hydrogen-bond acceptors (Lipinski definition) is 1. The summed E-state index contributed by atoms with van der Waals surface area (Å²) in [7, 11) is 0. The number of rotatable bonds is 1. The van der Waals surface area contributed by atoms with Gasteiger partial charge >= 0.3 is 0 Å². The van der Waals surface area contributed by atoms with E-state index < -0.39 is 5.41 Å². The van der Waals surface area contributed by atoms with Crippen LogP contribution in [0.15, 0.2) is 115 Å². The van der Waals surface area contributed by atoms with Crippen LogP contribution in [0.2, 0.25) is 0 Å². The fourth-order valence-electron chi connectivity index (χ4n) is 5.83. The van der Waals surface area contributed by atoms with Gasteiger partial charge in [0.2, 0.25) is 0 Å². The molecule has 1 aliphatic heterocycles. The van der Waals surface area contributed by atoms with Gasteiger partial charge in [-0.1, -0.05) is 103 Å². The maximum Gasteiger partial charge on any atom is 0.132 e. The van der Waals surface area contributed by atoms with Crippen molar-refractivity contribution in [3.63, 3.8) is 0 Å². The normalized spacial score (nSPS) is 17.0. The highest BCUT2D eigenvalue weighted by atomic mass is 16.5. The van der Waals surface area contributed by atoms with Crippen LogP contribution in [0.4, 0.5) is 0 Å². The first-order valence-electron chi connectivity index (χ1n) is 11.4. The standard InChI is InChI=1S/C32H22O/c1-21-15-17-27-25(19-21)24-11-5-6-12-26(24)32(27)28-13-7-8-14-30(28)33-31-18-16-23(20-29(31)32)22-9-3-2-4-10-22/h2-20H,1H3. The van der Waals surface area contributed by atoms with E-state index in [1.165, 1.54) is 50.1 Å². The van der Waals surface area contributed by atoms with Crippen LogP contribution in [0, 0.1) is 6.92 Å². The number of fused-ring (bicyclic) bond motifs is 9. The Balaban J connectivity index is 1.64. The summed E-state index contributed by atoms with van der Waals surface area (Å²) in [5, 5.41) is 0. The molecule has 0 saturated heterocycles. The summed E-state index contributed by atoms with van der Waals surface area (Å²) in [6, 6.07) is 41.6. The number of ether oxygens (including phenoxy) is 1. The highest BCUT2D eigenvalue weighted by Crippen LogP contribution is 2.62. The molecule has 1 aliphatic carbocycles. The van der Waals surface area contributed by atoms with E-state index in [-0.39, 0.29) is 0 Å². The summed E-state index contributed by atoms with van der Waals surface area (Å²) < 4.78 is 6.51. The molecule has 1 atom stereocenters. The van der Waals surface area contributed by atoms with Gasteiger partial charge in [0, 0.05) is 11.1 Å². The summed E-state index contributed by atoms with van der Waals surface area (Å²) in [6.45, 7) is 2.17. The Bertz CT molecular complexity index is 1550. The van der Waals surface area contributed by atoms with Gasteiger partial charge in [-0.25, -0.2) is 0 Å². The van der Waals surface area contributed by atoms with Gasteiger partial charge in [0.15, 0.2) is 0 Å². The SMILES string of the molecule is Cc1ccc2c(c1)-c1ccccc1C21c2ccccc2Oc2ccc(-c3ccccc3)cc21. The Labute approximate surface area is 193 Å². The van der Waals surface area contributed by atoms with E-state index in [0.717, 1.165) is 11.5 Å². The Morgan fingerprint density at radius 1 is 0.485 bits per heavy atom. The molecular weight excluding hydrogens is 400 g/mol. The van der Waals surface area contributed by atoms with Crippen molar-refractivity contribution in [3.8, 4) is 33.8 Å². The summed E-state index contributed by atoms with van der Waals surface area (Å²) >= 11 is 0. The van der Waals surface area contributed by atoms with E-state index in [4.69, 9.17) is 4.74 Å². The van der Waals surface area contributed by atoms with Crippen molar-refractivity contribution in [2.24, 2.45) is 0 Å². The molecule has 1 unspecified atom stereocenters. The molecule has 0 radical (unpaired) electrons. The topological polar surface area (TPSA) is 9.23 Å². The Kier molecular flexibility index (Phi) is 3.75. The molecule has 0 N–H and O–H groups in total. The summed E-state index contributed by atoms with van der Waals surface area (Å²) in [6.07, 6.45) is 0. The minimum atomic E-state index is -0.408. The lowest BCUT2D eigenvalue weighted by molar-refractivity contribution is 0.436. The van der Waals surface area contributed by atoms with E-state index in [1.54, 1.807) is 0 Å². The second-order valence-electron chi connectivity index (χ2n) is 9.02.